The van der Waals surface area contributed by atoms with Crippen LogP contribution in [0.1, 0.15) is 11.1 Å². The van der Waals surface area contributed by atoms with Gasteiger partial charge in [0, 0.05) is 10.7 Å². The van der Waals surface area contributed by atoms with Gasteiger partial charge in [0.2, 0.25) is 0 Å². The maximum atomic E-state index is 8.78. The van der Waals surface area contributed by atoms with Crippen molar-refractivity contribution in [2.45, 2.75) is 6.92 Å². The second kappa shape index (κ2) is 5.30. The van der Waals surface area contributed by atoms with E-state index in [0.29, 0.717) is 15.6 Å². The number of hydrogen-bond acceptors (Lipinski definition) is 2. The third kappa shape index (κ3) is 2.76. The summed E-state index contributed by atoms with van der Waals surface area (Å²) >= 11 is 12.1. The van der Waals surface area contributed by atoms with E-state index in [0.717, 1.165) is 16.9 Å². The summed E-state index contributed by atoms with van der Waals surface area (Å²) in [5.74, 6) is 0. The van der Waals surface area contributed by atoms with E-state index in [1.54, 1.807) is 18.2 Å². The first-order valence-corrected chi connectivity index (χ1v) is 6.08. The normalized spacial score (nSPS) is 9.89. The number of nitrogens with one attached hydrogen (secondary N) is 1. The maximum absolute atomic E-state index is 8.78. The van der Waals surface area contributed by atoms with Crippen molar-refractivity contribution in [1.29, 1.82) is 5.26 Å². The van der Waals surface area contributed by atoms with Crippen LogP contribution in [0.4, 0.5) is 11.4 Å². The van der Waals surface area contributed by atoms with Crippen LogP contribution in [0.15, 0.2) is 36.4 Å². The fraction of sp³-hybridized carbons (Fsp3) is 0.0714. The fourth-order valence-corrected chi connectivity index (χ4v) is 1.96. The van der Waals surface area contributed by atoms with Crippen molar-refractivity contribution < 1.29 is 0 Å². The summed E-state index contributed by atoms with van der Waals surface area (Å²) in [6.07, 6.45) is 0. The molecule has 0 saturated heterocycles. The SMILES string of the molecule is Cc1ccc(Cl)cc1Nc1ccc(C#N)cc1Cl. The van der Waals surface area contributed by atoms with E-state index >= 15 is 0 Å². The average Bonchev–Trinajstić information content (AvgIpc) is 2.36. The van der Waals surface area contributed by atoms with Crippen LogP contribution >= 0.6 is 23.2 Å². The highest BCUT2D eigenvalue weighted by Crippen LogP contribution is 2.29. The molecule has 18 heavy (non-hydrogen) atoms. The zero-order valence-electron chi connectivity index (χ0n) is 9.67. The molecule has 2 aromatic carbocycles. The molecule has 0 aliphatic rings. The monoisotopic (exact) mass is 276 g/mol. The summed E-state index contributed by atoms with van der Waals surface area (Å²) < 4.78 is 0. The number of benzene rings is 2. The Hall–Kier alpha value is -1.69. The highest BCUT2D eigenvalue weighted by molar-refractivity contribution is 6.33. The number of anilines is 2. The highest BCUT2D eigenvalue weighted by Gasteiger charge is 2.04. The average molecular weight is 277 g/mol. The smallest absolute Gasteiger partial charge is 0.0992 e. The summed E-state index contributed by atoms with van der Waals surface area (Å²) in [4.78, 5) is 0. The van der Waals surface area contributed by atoms with Gasteiger partial charge in [-0.25, -0.2) is 0 Å². The van der Waals surface area contributed by atoms with Crippen molar-refractivity contribution in [3.63, 3.8) is 0 Å². The number of halogens is 2. The van der Waals surface area contributed by atoms with Gasteiger partial charge in [0.25, 0.3) is 0 Å². The van der Waals surface area contributed by atoms with Crippen LogP contribution in [-0.4, -0.2) is 0 Å². The minimum Gasteiger partial charge on any atom is -0.354 e. The van der Waals surface area contributed by atoms with E-state index in [1.807, 2.05) is 31.2 Å². The zero-order valence-corrected chi connectivity index (χ0v) is 11.2. The number of aryl methyl sites for hydroxylation is 1. The van der Waals surface area contributed by atoms with Crippen molar-refractivity contribution in [3.8, 4) is 6.07 Å². The molecule has 1 N–H and O–H groups in total. The van der Waals surface area contributed by atoms with Crippen LogP contribution in [0.5, 0.6) is 0 Å². The largest absolute Gasteiger partial charge is 0.354 e. The number of hydrogen-bond donors (Lipinski definition) is 1. The molecule has 0 amide bonds. The highest BCUT2D eigenvalue weighted by atomic mass is 35.5. The lowest BCUT2D eigenvalue weighted by atomic mass is 10.1. The first kappa shape index (κ1) is 12.8. The number of rotatable bonds is 2. The van der Waals surface area contributed by atoms with E-state index in [-0.39, 0.29) is 0 Å². The first-order chi connectivity index (χ1) is 8.60. The molecule has 0 atom stereocenters. The molecule has 0 unspecified atom stereocenters. The number of nitrogens with zero attached hydrogens (tertiary/aromatic N) is 1. The van der Waals surface area contributed by atoms with Gasteiger partial charge < -0.3 is 5.32 Å². The molecule has 2 aromatic rings. The molecule has 0 aliphatic carbocycles. The van der Waals surface area contributed by atoms with Crippen LogP contribution in [-0.2, 0) is 0 Å². The van der Waals surface area contributed by atoms with Crippen LogP contribution in [0.25, 0.3) is 0 Å². The Bertz CT molecular complexity index is 630. The Labute approximate surface area is 116 Å². The van der Waals surface area contributed by atoms with E-state index in [4.69, 9.17) is 28.5 Å². The topological polar surface area (TPSA) is 35.8 Å². The van der Waals surface area contributed by atoms with Gasteiger partial charge in [-0.2, -0.15) is 5.26 Å². The summed E-state index contributed by atoms with van der Waals surface area (Å²) in [6.45, 7) is 1.98. The molecule has 0 heterocycles. The van der Waals surface area contributed by atoms with E-state index in [9.17, 15) is 0 Å². The van der Waals surface area contributed by atoms with Crippen LogP contribution in [0.2, 0.25) is 10.0 Å². The van der Waals surface area contributed by atoms with Gasteiger partial charge in [-0.05, 0) is 42.8 Å². The molecule has 2 rings (SSSR count). The van der Waals surface area contributed by atoms with Crippen molar-refractivity contribution in [3.05, 3.63) is 57.6 Å². The lowest BCUT2D eigenvalue weighted by molar-refractivity contribution is 1.42. The predicted octanol–water partition coefficient (Wildman–Crippen LogP) is 4.92. The molecule has 0 bridgehead atoms. The molecular weight excluding hydrogens is 267 g/mol. The molecular formula is C14H10Cl2N2. The van der Waals surface area contributed by atoms with Crippen molar-refractivity contribution in [2.24, 2.45) is 0 Å². The lowest BCUT2D eigenvalue weighted by Crippen LogP contribution is -1.94. The quantitative estimate of drug-likeness (QED) is 0.845. The van der Waals surface area contributed by atoms with Gasteiger partial charge in [0.05, 0.1) is 22.3 Å². The second-order valence-corrected chi connectivity index (χ2v) is 4.73. The molecule has 90 valence electrons. The maximum Gasteiger partial charge on any atom is 0.0992 e. The van der Waals surface area contributed by atoms with Gasteiger partial charge in [0.15, 0.2) is 0 Å². The third-order valence-electron chi connectivity index (χ3n) is 2.57. The summed E-state index contributed by atoms with van der Waals surface area (Å²) in [5, 5.41) is 13.2. The fourth-order valence-electron chi connectivity index (χ4n) is 1.56. The van der Waals surface area contributed by atoms with Crippen molar-refractivity contribution >= 4 is 34.6 Å². The Morgan fingerprint density at radius 1 is 1.06 bits per heavy atom. The molecule has 0 spiro atoms. The molecule has 0 fully saturated rings. The Balaban J connectivity index is 2.34. The molecule has 0 aromatic heterocycles. The number of nitriles is 1. The summed E-state index contributed by atoms with van der Waals surface area (Å²) in [5.41, 5.74) is 3.25. The van der Waals surface area contributed by atoms with Crippen molar-refractivity contribution in [2.75, 3.05) is 5.32 Å². The van der Waals surface area contributed by atoms with E-state index in [2.05, 4.69) is 5.32 Å². The third-order valence-corrected chi connectivity index (χ3v) is 3.11. The summed E-state index contributed by atoms with van der Waals surface area (Å²) in [7, 11) is 0. The molecule has 0 radical (unpaired) electrons. The van der Waals surface area contributed by atoms with E-state index in [1.165, 1.54) is 0 Å². The predicted molar refractivity (Wildman–Crippen MR) is 75.6 cm³/mol. The summed E-state index contributed by atoms with van der Waals surface area (Å²) in [6, 6.07) is 12.8. The standard InChI is InChI=1S/C14H10Cl2N2/c1-9-2-4-11(15)7-14(9)18-13-5-3-10(8-17)6-12(13)16/h2-7,18H,1H3. The molecule has 0 saturated carbocycles. The van der Waals surface area contributed by atoms with Gasteiger partial charge >= 0.3 is 0 Å². The van der Waals surface area contributed by atoms with Gasteiger partial charge in [-0.3, -0.25) is 0 Å². The minimum atomic E-state index is 0.508. The van der Waals surface area contributed by atoms with Crippen LogP contribution in [0, 0.1) is 18.3 Å². The van der Waals surface area contributed by atoms with Crippen LogP contribution < -0.4 is 5.32 Å². The minimum absolute atomic E-state index is 0.508. The molecule has 4 heteroatoms. The lowest BCUT2D eigenvalue weighted by Gasteiger charge is -2.11. The molecule has 2 nitrogen and oxygen atoms in total. The molecule has 0 aliphatic heterocycles. The Morgan fingerprint density at radius 2 is 1.83 bits per heavy atom. The van der Waals surface area contributed by atoms with Crippen molar-refractivity contribution in [1.82, 2.24) is 0 Å². The van der Waals surface area contributed by atoms with Crippen LogP contribution in [0.3, 0.4) is 0 Å². The Morgan fingerprint density at radius 3 is 2.50 bits per heavy atom. The van der Waals surface area contributed by atoms with E-state index < -0.39 is 0 Å². The Kier molecular flexibility index (Phi) is 3.76. The first-order valence-electron chi connectivity index (χ1n) is 5.33. The van der Waals surface area contributed by atoms with Gasteiger partial charge in [-0.1, -0.05) is 29.3 Å². The second-order valence-electron chi connectivity index (χ2n) is 3.89. The van der Waals surface area contributed by atoms with Gasteiger partial charge in [0.1, 0.15) is 0 Å². The zero-order chi connectivity index (χ0) is 13.1. The van der Waals surface area contributed by atoms with Gasteiger partial charge in [-0.15, -0.1) is 0 Å².